The third-order valence-electron chi connectivity index (χ3n) is 3.05. The van der Waals surface area contributed by atoms with E-state index in [1.165, 1.54) is 6.20 Å². The Balaban J connectivity index is 1.81. The van der Waals surface area contributed by atoms with Crippen molar-refractivity contribution in [3.8, 4) is 5.75 Å². The lowest BCUT2D eigenvalue weighted by Gasteiger charge is -2.10. The highest BCUT2D eigenvalue weighted by molar-refractivity contribution is 6.33. The Morgan fingerprint density at radius 2 is 1.70 bits per heavy atom. The minimum absolute atomic E-state index is 0.353. The van der Waals surface area contributed by atoms with Crippen molar-refractivity contribution in [2.24, 2.45) is 0 Å². The van der Waals surface area contributed by atoms with Gasteiger partial charge in [0.1, 0.15) is 5.75 Å². The summed E-state index contributed by atoms with van der Waals surface area (Å²) in [5, 5.41) is 14.7. The van der Waals surface area contributed by atoms with E-state index in [-0.39, 0.29) is 0 Å². The van der Waals surface area contributed by atoms with Gasteiger partial charge in [-0.05, 0) is 24.3 Å². The Bertz CT molecular complexity index is 812. The first kappa shape index (κ1) is 15.1. The summed E-state index contributed by atoms with van der Waals surface area (Å²) in [6.45, 7) is 0. The van der Waals surface area contributed by atoms with Crippen molar-refractivity contribution >= 4 is 34.7 Å². The van der Waals surface area contributed by atoms with E-state index in [9.17, 15) is 0 Å². The fourth-order valence-electron chi connectivity index (χ4n) is 1.99. The molecule has 3 rings (SSSR count). The monoisotopic (exact) mass is 327 g/mol. The first-order valence-corrected chi connectivity index (χ1v) is 7.25. The number of methoxy groups -OCH3 is 1. The zero-order valence-corrected chi connectivity index (χ0v) is 13.1. The summed E-state index contributed by atoms with van der Waals surface area (Å²) < 4.78 is 5.29. The lowest BCUT2D eigenvalue weighted by molar-refractivity contribution is 0.417. The first-order valence-electron chi connectivity index (χ1n) is 6.87. The molecule has 6 nitrogen and oxygen atoms in total. The number of nitrogens with zero attached hydrogens (tertiary/aromatic N) is 3. The molecule has 0 aliphatic heterocycles. The molecule has 0 radical (unpaired) electrons. The molecule has 0 aliphatic carbocycles. The molecule has 1 heterocycles. The van der Waals surface area contributed by atoms with E-state index >= 15 is 0 Å². The van der Waals surface area contributed by atoms with Crippen molar-refractivity contribution in [3.63, 3.8) is 0 Å². The van der Waals surface area contributed by atoms with Gasteiger partial charge in [-0.2, -0.15) is 10.1 Å². The molecule has 0 spiro atoms. The van der Waals surface area contributed by atoms with Gasteiger partial charge in [0.2, 0.25) is 5.95 Å². The normalized spacial score (nSPS) is 10.2. The van der Waals surface area contributed by atoms with Gasteiger partial charge >= 0.3 is 0 Å². The van der Waals surface area contributed by atoms with Crippen LogP contribution in [0, 0.1) is 0 Å². The predicted octanol–water partition coefficient (Wildman–Crippen LogP) is 4.02. The molecule has 0 aliphatic rings. The van der Waals surface area contributed by atoms with Crippen LogP contribution in [0.5, 0.6) is 5.75 Å². The number of hydrogen-bond donors (Lipinski definition) is 2. The third kappa shape index (κ3) is 3.67. The molecule has 0 unspecified atom stereocenters. The van der Waals surface area contributed by atoms with Crippen molar-refractivity contribution in [1.82, 2.24) is 15.2 Å². The Labute approximate surface area is 138 Å². The number of rotatable bonds is 5. The predicted molar refractivity (Wildman–Crippen MR) is 90.8 cm³/mol. The average Bonchev–Trinajstić information content (AvgIpc) is 2.58. The summed E-state index contributed by atoms with van der Waals surface area (Å²) in [6, 6.07) is 14.9. The van der Waals surface area contributed by atoms with E-state index in [0.29, 0.717) is 22.5 Å². The summed E-state index contributed by atoms with van der Waals surface area (Å²) in [7, 11) is 1.61. The molecule has 2 N–H and O–H groups in total. The number of hydrogen-bond acceptors (Lipinski definition) is 6. The number of anilines is 4. The maximum absolute atomic E-state index is 6.12. The van der Waals surface area contributed by atoms with Gasteiger partial charge in [-0.25, -0.2) is 0 Å². The topological polar surface area (TPSA) is 72.0 Å². The molecule has 0 fully saturated rings. The van der Waals surface area contributed by atoms with Crippen LogP contribution in [0.25, 0.3) is 0 Å². The maximum atomic E-state index is 6.12. The van der Waals surface area contributed by atoms with Crippen LogP contribution in [0.2, 0.25) is 5.02 Å². The minimum atomic E-state index is 0.353. The molecule has 0 bridgehead atoms. The van der Waals surface area contributed by atoms with Gasteiger partial charge in [-0.3, -0.25) is 0 Å². The van der Waals surface area contributed by atoms with E-state index in [4.69, 9.17) is 16.3 Å². The zero-order valence-electron chi connectivity index (χ0n) is 12.3. The van der Waals surface area contributed by atoms with Crippen molar-refractivity contribution < 1.29 is 4.74 Å². The molecule has 1 aromatic heterocycles. The largest absolute Gasteiger partial charge is 0.495 e. The van der Waals surface area contributed by atoms with Crippen LogP contribution in [0.1, 0.15) is 0 Å². The van der Waals surface area contributed by atoms with Gasteiger partial charge < -0.3 is 15.4 Å². The maximum Gasteiger partial charge on any atom is 0.249 e. The van der Waals surface area contributed by atoms with Crippen molar-refractivity contribution in [2.45, 2.75) is 0 Å². The number of ether oxygens (including phenoxy) is 1. The number of benzene rings is 2. The van der Waals surface area contributed by atoms with Crippen LogP contribution >= 0.6 is 11.6 Å². The fourth-order valence-corrected chi connectivity index (χ4v) is 2.17. The third-order valence-corrected chi connectivity index (χ3v) is 3.38. The lowest BCUT2D eigenvalue weighted by atomic mass is 10.3. The van der Waals surface area contributed by atoms with Gasteiger partial charge in [-0.1, -0.05) is 35.9 Å². The van der Waals surface area contributed by atoms with Crippen LogP contribution < -0.4 is 15.4 Å². The SMILES string of the molecule is COc1ccccc1Nc1nncc(Nc2ccccc2Cl)n1. The Morgan fingerprint density at radius 1 is 0.957 bits per heavy atom. The van der Waals surface area contributed by atoms with Crippen LogP contribution in [0.4, 0.5) is 23.1 Å². The molecule has 2 aromatic carbocycles. The highest BCUT2D eigenvalue weighted by atomic mass is 35.5. The molecule has 3 aromatic rings. The van der Waals surface area contributed by atoms with Crippen LogP contribution in [-0.4, -0.2) is 22.3 Å². The second-order valence-corrected chi connectivity index (χ2v) is 5.00. The number of aromatic nitrogens is 3. The fraction of sp³-hybridized carbons (Fsp3) is 0.0625. The molecule has 0 atom stereocenters. The van der Waals surface area contributed by atoms with E-state index in [1.807, 2.05) is 42.5 Å². The molecule has 116 valence electrons. The highest BCUT2D eigenvalue weighted by Crippen LogP contribution is 2.27. The van der Waals surface area contributed by atoms with E-state index < -0.39 is 0 Å². The van der Waals surface area contributed by atoms with E-state index in [1.54, 1.807) is 13.2 Å². The second-order valence-electron chi connectivity index (χ2n) is 4.60. The van der Waals surface area contributed by atoms with E-state index in [0.717, 1.165) is 11.4 Å². The van der Waals surface area contributed by atoms with Gasteiger partial charge in [0, 0.05) is 0 Å². The number of para-hydroxylation sites is 3. The second kappa shape index (κ2) is 6.93. The molecule has 0 amide bonds. The van der Waals surface area contributed by atoms with Gasteiger partial charge in [-0.15, -0.1) is 5.10 Å². The van der Waals surface area contributed by atoms with Gasteiger partial charge in [0.15, 0.2) is 5.82 Å². The summed E-state index contributed by atoms with van der Waals surface area (Å²) in [4.78, 5) is 4.37. The van der Waals surface area contributed by atoms with Crippen molar-refractivity contribution in [1.29, 1.82) is 0 Å². The van der Waals surface area contributed by atoms with Crippen LogP contribution in [0.3, 0.4) is 0 Å². The molecule has 0 saturated heterocycles. The van der Waals surface area contributed by atoms with Crippen LogP contribution in [0.15, 0.2) is 54.7 Å². The van der Waals surface area contributed by atoms with Crippen molar-refractivity contribution in [2.75, 3.05) is 17.7 Å². The molecule has 0 saturated carbocycles. The van der Waals surface area contributed by atoms with Gasteiger partial charge in [0.25, 0.3) is 0 Å². The first-order chi connectivity index (χ1) is 11.3. The molecular formula is C16H14ClN5O. The summed E-state index contributed by atoms with van der Waals surface area (Å²) in [5.41, 5.74) is 1.50. The molecular weight excluding hydrogens is 314 g/mol. The molecule has 7 heteroatoms. The standard InChI is InChI=1S/C16H14ClN5O/c1-23-14-9-5-4-8-13(14)20-16-21-15(10-18-22-16)19-12-7-3-2-6-11(12)17/h2-10H,1H3,(H2,19,20,21,22). The zero-order chi connectivity index (χ0) is 16.1. The Morgan fingerprint density at radius 3 is 2.48 bits per heavy atom. The minimum Gasteiger partial charge on any atom is -0.495 e. The molecule has 23 heavy (non-hydrogen) atoms. The van der Waals surface area contributed by atoms with Crippen LogP contribution in [-0.2, 0) is 0 Å². The Hall–Kier alpha value is -2.86. The van der Waals surface area contributed by atoms with Gasteiger partial charge in [0.05, 0.1) is 29.7 Å². The summed E-state index contributed by atoms with van der Waals surface area (Å²) in [5.74, 6) is 1.58. The number of halogens is 1. The quantitative estimate of drug-likeness (QED) is 0.737. The Kier molecular flexibility index (Phi) is 4.54. The lowest BCUT2D eigenvalue weighted by Crippen LogP contribution is -2.03. The summed E-state index contributed by atoms with van der Waals surface area (Å²) in [6.07, 6.45) is 1.52. The smallest absolute Gasteiger partial charge is 0.249 e. The van der Waals surface area contributed by atoms with Crippen molar-refractivity contribution in [3.05, 3.63) is 59.8 Å². The summed E-state index contributed by atoms with van der Waals surface area (Å²) >= 11 is 6.12. The average molecular weight is 328 g/mol. The van der Waals surface area contributed by atoms with E-state index in [2.05, 4.69) is 25.8 Å². The number of nitrogens with one attached hydrogen (secondary N) is 2. The highest BCUT2D eigenvalue weighted by Gasteiger charge is 2.06.